The van der Waals surface area contributed by atoms with Crippen molar-refractivity contribution in [3.05, 3.63) is 29.8 Å². The molecule has 0 atom stereocenters. The van der Waals surface area contributed by atoms with Gasteiger partial charge in [0.25, 0.3) is 0 Å². The van der Waals surface area contributed by atoms with Crippen LogP contribution in [0.2, 0.25) is 0 Å². The third-order valence-corrected chi connectivity index (χ3v) is 1.66. The summed E-state index contributed by atoms with van der Waals surface area (Å²) in [7, 11) is 1.64. The van der Waals surface area contributed by atoms with Crippen LogP contribution in [0.15, 0.2) is 29.4 Å². The van der Waals surface area contributed by atoms with Crippen molar-refractivity contribution in [2.75, 3.05) is 7.11 Å². The van der Waals surface area contributed by atoms with E-state index in [1.807, 2.05) is 45.0 Å². The molecule has 0 heterocycles. The van der Waals surface area contributed by atoms with E-state index >= 15 is 0 Å². The average molecular weight is 207 g/mol. The molecule has 0 radical (unpaired) electrons. The van der Waals surface area contributed by atoms with Gasteiger partial charge in [0.2, 0.25) is 0 Å². The number of rotatable bonds is 3. The molecular formula is C12H17NO2. The van der Waals surface area contributed by atoms with Crippen molar-refractivity contribution >= 4 is 6.21 Å². The fourth-order valence-corrected chi connectivity index (χ4v) is 1.01. The van der Waals surface area contributed by atoms with Crippen LogP contribution in [0.3, 0.4) is 0 Å². The zero-order valence-electron chi connectivity index (χ0n) is 9.65. The maximum atomic E-state index is 5.25. The predicted molar refractivity (Wildman–Crippen MR) is 61.4 cm³/mol. The first-order valence-corrected chi connectivity index (χ1v) is 4.87. The number of para-hydroxylation sites is 1. The van der Waals surface area contributed by atoms with Gasteiger partial charge in [-0.1, -0.05) is 17.3 Å². The molecule has 0 aliphatic carbocycles. The van der Waals surface area contributed by atoms with E-state index in [1.54, 1.807) is 13.3 Å². The van der Waals surface area contributed by atoms with Crippen LogP contribution in [-0.4, -0.2) is 18.9 Å². The molecule has 1 aromatic carbocycles. The van der Waals surface area contributed by atoms with Crippen molar-refractivity contribution in [3.8, 4) is 5.75 Å². The Morgan fingerprint density at radius 3 is 2.47 bits per heavy atom. The molecule has 0 aliphatic rings. The lowest BCUT2D eigenvalue weighted by Gasteiger charge is -2.14. The third-order valence-electron chi connectivity index (χ3n) is 1.66. The van der Waals surface area contributed by atoms with Crippen LogP contribution in [0.5, 0.6) is 5.75 Å². The van der Waals surface area contributed by atoms with Crippen molar-refractivity contribution in [1.82, 2.24) is 0 Å². The fourth-order valence-electron chi connectivity index (χ4n) is 1.01. The van der Waals surface area contributed by atoms with E-state index in [-0.39, 0.29) is 5.60 Å². The van der Waals surface area contributed by atoms with E-state index in [2.05, 4.69) is 5.16 Å². The highest BCUT2D eigenvalue weighted by Crippen LogP contribution is 2.15. The molecule has 0 unspecified atom stereocenters. The summed E-state index contributed by atoms with van der Waals surface area (Å²) >= 11 is 0. The maximum absolute atomic E-state index is 5.25. The van der Waals surface area contributed by atoms with Crippen molar-refractivity contribution in [3.63, 3.8) is 0 Å². The normalized spacial score (nSPS) is 11.7. The Labute approximate surface area is 90.7 Å². The summed E-state index contributed by atoms with van der Waals surface area (Å²) in [6.07, 6.45) is 1.66. The van der Waals surface area contributed by atoms with E-state index in [4.69, 9.17) is 9.57 Å². The average Bonchev–Trinajstić information content (AvgIpc) is 2.16. The van der Waals surface area contributed by atoms with Gasteiger partial charge in [0.1, 0.15) is 11.4 Å². The predicted octanol–water partition coefficient (Wildman–Crippen LogP) is 2.84. The fraction of sp³-hybridized carbons (Fsp3) is 0.417. The standard InChI is InChI=1S/C12H17NO2/c1-12(2,3)15-13-9-10-7-5-6-8-11(10)14-4/h5-9H,1-4H3. The van der Waals surface area contributed by atoms with E-state index in [9.17, 15) is 0 Å². The summed E-state index contributed by atoms with van der Waals surface area (Å²) < 4.78 is 5.18. The molecule has 0 saturated carbocycles. The molecule has 82 valence electrons. The van der Waals surface area contributed by atoms with E-state index < -0.39 is 0 Å². The topological polar surface area (TPSA) is 30.8 Å². The Morgan fingerprint density at radius 1 is 1.20 bits per heavy atom. The van der Waals surface area contributed by atoms with Crippen molar-refractivity contribution in [1.29, 1.82) is 0 Å². The molecule has 3 heteroatoms. The Bertz CT molecular complexity index is 340. The van der Waals surface area contributed by atoms with Gasteiger partial charge in [0.05, 0.1) is 13.3 Å². The highest BCUT2D eigenvalue weighted by atomic mass is 16.6. The highest BCUT2D eigenvalue weighted by Gasteiger charge is 2.09. The number of methoxy groups -OCH3 is 1. The molecule has 0 spiro atoms. The van der Waals surface area contributed by atoms with Gasteiger partial charge in [0.15, 0.2) is 0 Å². The number of hydrogen-bond donors (Lipinski definition) is 0. The first-order chi connectivity index (χ1) is 7.03. The SMILES string of the molecule is COc1ccccc1C=NOC(C)(C)C. The van der Waals surface area contributed by atoms with Gasteiger partial charge < -0.3 is 9.57 Å². The first kappa shape index (κ1) is 11.6. The summed E-state index contributed by atoms with van der Waals surface area (Å²) in [6, 6.07) is 7.66. The summed E-state index contributed by atoms with van der Waals surface area (Å²) in [5.41, 5.74) is 0.641. The Balaban J connectivity index is 2.72. The van der Waals surface area contributed by atoms with Crippen LogP contribution in [0.25, 0.3) is 0 Å². The quantitative estimate of drug-likeness (QED) is 0.563. The lowest BCUT2D eigenvalue weighted by atomic mass is 10.2. The molecule has 0 amide bonds. The monoisotopic (exact) mass is 207 g/mol. The van der Waals surface area contributed by atoms with Crippen LogP contribution >= 0.6 is 0 Å². The molecule has 0 fully saturated rings. The zero-order chi connectivity index (χ0) is 11.3. The zero-order valence-corrected chi connectivity index (χ0v) is 9.65. The molecule has 1 aromatic rings. The number of benzene rings is 1. The van der Waals surface area contributed by atoms with Crippen LogP contribution in [0.1, 0.15) is 26.3 Å². The van der Waals surface area contributed by atoms with E-state index in [0.29, 0.717) is 0 Å². The van der Waals surface area contributed by atoms with Gasteiger partial charge in [-0.2, -0.15) is 0 Å². The molecular weight excluding hydrogens is 190 g/mol. The van der Waals surface area contributed by atoms with Gasteiger partial charge in [-0.15, -0.1) is 0 Å². The minimum Gasteiger partial charge on any atom is -0.496 e. The Morgan fingerprint density at radius 2 is 1.87 bits per heavy atom. The van der Waals surface area contributed by atoms with Crippen molar-refractivity contribution in [2.45, 2.75) is 26.4 Å². The van der Waals surface area contributed by atoms with E-state index in [1.165, 1.54) is 0 Å². The third kappa shape index (κ3) is 4.02. The number of hydrogen-bond acceptors (Lipinski definition) is 3. The molecule has 0 saturated heterocycles. The Kier molecular flexibility index (Phi) is 3.72. The smallest absolute Gasteiger partial charge is 0.129 e. The second-order valence-corrected chi connectivity index (χ2v) is 4.18. The highest BCUT2D eigenvalue weighted by molar-refractivity contribution is 5.82. The molecule has 0 N–H and O–H groups in total. The molecule has 1 rings (SSSR count). The summed E-state index contributed by atoms with van der Waals surface area (Å²) in [5, 5.41) is 3.92. The summed E-state index contributed by atoms with van der Waals surface area (Å²) in [4.78, 5) is 5.25. The van der Waals surface area contributed by atoms with E-state index in [0.717, 1.165) is 11.3 Å². The second kappa shape index (κ2) is 4.82. The van der Waals surface area contributed by atoms with Gasteiger partial charge >= 0.3 is 0 Å². The van der Waals surface area contributed by atoms with Gasteiger partial charge in [-0.3, -0.25) is 0 Å². The Hall–Kier alpha value is -1.51. The number of ether oxygens (including phenoxy) is 1. The van der Waals surface area contributed by atoms with Crippen LogP contribution in [0.4, 0.5) is 0 Å². The summed E-state index contributed by atoms with van der Waals surface area (Å²) in [5.74, 6) is 0.791. The second-order valence-electron chi connectivity index (χ2n) is 4.18. The maximum Gasteiger partial charge on any atom is 0.129 e. The van der Waals surface area contributed by atoms with Gasteiger partial charge in [-0.25, -0.2) is 0 Å². The lowest BCUT2D eigenvalue weighted by molar-refractivity contribution is 0.00197. The molecule has 0 aromatic heterocycles. The number of oxime groups is 1. The molecule has 3 nitrogen and oxygen atoms in total. The van der Waals surface area contributed by atoms with Gasteiger partial charge in [0, 0.05) is 5.56 Å². The lowest BCUT2D eigenvalue weighted by Crippen LogP contribution is -2.15. The minimum atomic E-state index is -0.265. The largest absolute Gasteiger partial charge is 0.496 e. The first-order valence-electron chi connectivity index (χ1n) is 4.87. The molecule has 0 bridgehead atoms. The van der Waals surface area contributed by atoms with Crippen molar-refractivity contribution in [2.24, 2.45) is 5.16 Å². The van der Waals surface area contributed by atoms with Crippen molar-refractivity contribution < 1.29 is 9.57 Å². The van der Waals surface area contributed by atoms with Gasteiger partial charge in [-0.05, 0) is 32.9 Å². The number of nitrogens with zero attached hydrogens (tertiary/aromatic N) is 1. The molecule has 0 aliphatic heterocycles. The van der Waals surface area contributed by atoms with Crippen LogP contribution in [-0.2, 0) is 4.84 Å². The van der Waals surface area contributed by atoms with Crippen LogP contribution in [0, 0.1) is 0 Å². The summed E-state index contributed by atoms with van der Waals surface area (Å²) in [6.45, 7) is 5.85. The molecule has 15 heavy (non-hydrogen) atoms. The minimum absolute atomic E-state index is 0.265. The van der Waals surface area contributed by atoms with Crippen LogP contribution < -0.4 is 4.74 Å².